The first-order valence-corrected chi connectivity index (χ1v) is 5.77. The molecule has 0 heterocycles. The van der Waals surface area contributed by atoms with Gasteiger partial charge < -0.3 is 24.7 Å². The van der Waals surface area contributed by atoms with Crippen LogP contribution in [0.1, 0.15) is 0 Å². The average molecular weight is 265 g/mol. The van der Waals surface area contributed by atoms with Crippen LogP contribution < -0.4 is 0 Å². The van der Waals surface area contributed by atoms with E-state index in [9.17, 15) is 9.13 Å². The number of aliphatic hydroxyl groups excluding tert-OH is 1. The normalized spacial score (nSPS) is 12.8. The third-order valence-electron chi connectivity index (χ3n) is 0.940. The summed E-state index contributed by atoms with van der Waals surface area (Å²) in [7, 11) is -9.82. The van der Waals surface area contributed by atoms with Gasteiger partial charge in [-0.05, 0) is 0 Å². The van der Waals surface area contributed by atoms with E-state index in [2.05, 4.69) is 0 Å². The van der Waals surface area contributed by atoms with E-state index in [-0.39, 0.29) is 16.8 Å². The molecule has 77 valence electrons. The van der Waals surface area contributed by atoms with Crippen LogP contribution in [0.2, 0.25) is 0 Å². The molecule has 0 aromatic rings. The predicted octanol–water partition coefficient (Wildman–Crippen LogP) is -1.34. The van der Waals surface area contributed by atoms with E-state index in [1.54, 1.807) is 0 Å². The Balaban J connectivity index is 0. The molecule has 0 aromatic heterocycles. The summed E-state index contributed by atoms with van der Waals surface area (Å²) in [5, 5.41) is 5.92. The van der Waals surface area contributed by atoms with E-state index in [0.717, 1.165) is 0 Å². The van der Waals surface area contributed by atoms with Crippen molar-refractivity contribution in [2.45, 2.75) is 5.40 Å². The van der Waals surface area contributed by atoms with Crippen molar-refractivity contribution >= 4 is 15.2 Å². The molecule has 10 heteroatoms. The smallest absolute Gasteiger partial charge is 0.343 e. The molecule has 7 nitrogen and oxygen atoms in total. The van der Waals surface area contributed by atoms with E-state index < -0.39 is 27.2 Å². The van der Waals surface area contributed by atoms with Gasteiger partial charge in [-0.15, -0.1) is 0 Å². The van der Waals surface area contributed by atoms with E-state index >= 15 is 0 Å². The fourth-order valence-electron chi connectivity index (χ4n) is 0.409. The summed E-state index contributed by atoms with van der Waals surface area (Å²) < 4.78 is 20.5. The van der Waals surface area contributed by atoms with Gasteiger partial charge in [0.15, 0.2) is 5.40 Å². The van der Waals surface area contributed by atoms with Crippen molar-refractivity contribution in [3.8, 4) is 0 Å². The SMILES string of the molecule is O=P(O)(O)C(CO)P(=O)(O)O.[Co]. The maximum absolute atomic E-state index is 10.3. The number of aliphatic hydroxyl groups is 1. The molecule has 0 amide bonds. The van der Waals surface area contributed by atoms with Gasteiger partial charge in [0.2, 0.25) is 0 Å². The molecule has 0 atom stereocenters. The van der Waals surface area contributed by atoms with E-state index in [0.29, 0.717) is 0 Å². The zero-order chi connectivity index (χ0) is 9.28. The van der Waals surface area contributed by atoms with E-state index in [4.69, 9.17) is 24.7 Å². The van der Waals surface area contributed by atoms with Crippen molar-refractivity contribution < 1.29 is 50.6 Å². The molecule has 0 aliphatic heterocycles. The first-order chi connectivity index (χ1) is 4.69. The fourth-order valence-corrected chi connectivity index (χ4v) is 2.40. The summed E-state index contributed by atoms with van der Waals surface area (Å²) in [5.41, 5.74) is 0. The Morgan fingerprint density at radius 3 is 1.25 bits per heavy atom. The predicted molar refractivity (Wildman–Crippen MR) is 35.0 cm³/mol. The van der Waals surface area contributed by atoms with Gasteiger partial charge >= 0.3 is 15.2 Å². The molecule has 0 fully saturated rings. The first-order valence-electron chi connectivity index (χ1n) is 2.41. The average Bonchev–Trinajstić information content (AvgIpc) is 1.56. The van der Waals surface area contributed by atoms with Gasteiger partial charge in [-0.3, -0.25) is 9.13 Å². The van der Waals surface area contributed by atoms with Crippen molar-refractivity contribution in [1.82, 2.24) is 0 Å². The molecule has 0 aromatic carbocycles. The van der Waals surface area contributed by atoms with Crippen molar-refractivity contribution in [2.24, 2.45) is 0 Å². The van der Waals surface area contributed by atoms with E-state index in [1.807, 2.05) is 0 Å². The topological polar surface area (TPSA) is 135 Å². The fraction of sp³-hybridized carbons (Fsp3) is 1.00. The van der Waals surface area contributed by atoms with Crippen molar-refractivity contribution in [2.75, 3.05) is 6.61 Å². The van der Waals surface area contributed by atoms with Gasteiger partial charge in [0.05, 0.1) is 6.61 Å². The molecule has 0 bridgehead atoms. The monoisotopic (exact) mass is 265 g/mol. The Labute approximate surface area is 78.3 Å². The Bertz CT molecular complexity index is 193. The van der Waals surface area contributed by atoms with Crippen LogP contribution in [0.25, 0.3) is 0 Å². The molecular formula is C2H8CoO7P2. The molecule has 12 heavy (non-hydrogen) atoms. The van der Waals surface area contributed by atoms with Gasteiger partial charge in [0.1, 0.15) is 0 Å². The van der Waals surface area contributed by atoms with Crippen LogP contribution in [0.3, 0.4) is 0 Å². The number of hydrogen-bond donors (Lipinski definition) is 5. The van der Waals surface area contributed by atoms with Gasteiger partial charge in [-0.2, -0.15) is 0 Å². The Morgan fingerprint density at radius 2 is 1.25 bits per heavy atom. The second-order valence-electron chi connectivity index (χ2n) is 1.84. The van der Waals surface area contributed by atoms with Crippen molar-refractivity contribution in [3.63, 3.8) is 0 Å². The van der Waals surface area contributed by atoms with Crippen molar-refractivity contribution in [3.05, 3.63) is 0 Å². The quantitative estimate of drug-likeness (QED) is 0.398. The zero-order valence-electron chi connectivity index (χ0n) is 5.56. The minimum Gasteiger partial charge on any atom is -0.395 e. The van der Waals surface area contributed by atoms with Crippen LogP contribution in [0.5, 0.6) is 0 Å². The van der Waals surface area contributed by atoms with Crippen LogP contribution in [-0.4, -0.2) is 36.7 Å². The zero-order valence-corrected chi connectivity index (χ0v) is 8.39. The molecule has 0 saturated carbocycles. The van der Waals surface area contributed by atoms with E-state index in [1.165, 1.54) is 0 Å². The molecular weight excluding hydrogens is 257 g/mol. The molecule has 1 radical (unpaired) electrons. The second-order valence-corrected chi connectivity index (χ2v) is 5.85. The third-order valence-corrected chi connectivity index (χ3v) is 4.62. The third kappa shape index (κ3) is 4.71. The van der Waals surface area contributed by atoms with Crippen LogP contribution in [-0.2, 0) is 25.9 Å². The summed E-state index contributed by atoms with van der Waals surface area (Å²) >= 11 is 0. The number of hydrogen-bond acceptors (Lipinski definition) is 3. The first kappa shape index (κ1) is 15.2. The maximum atomic E-state index is 10.3. The standard InChI is InChI=1S/C2H8O7P2.Co/c3-1-2(10(4,5)6)11(7,8)9;/h2-3H,1H2,(H2,4,5,6)(H2,7,8,9);. The Hall–Kier alpha value is 0.766. The molecule has 5 N–H and O–H groups in total. The summed E-state index contributed by atoms with van der Waals surface area (Å²) in [6.45, 7) is -1.24. The van der Waals surface area contributed by atoms with Gasteiger partial charge in [0.25, 0.3) is 0 Å². The van der Waals surface area contributed by atoms with Gasteiger partial charge in [-0.25, -0.2) is 0 Å². The van der Waals surface area contributed by atoms with Gasteiger partial charge in [0, 0.05) is 16.8 Å². The van der Waals surface area contributed by atoms with Gasteiger partial charge in [-0.1, -0.05) is 0 Å². The summed E-state index contributed by atoms with van der Waals surface area (Å²) in [4.78, 5) is 33.1. The van der Waals surface area contributed by atoms with Crippen molar-refractivity contribution in [1.29, 1.82) is 0 Å². The minimum atomic E-state index is -4.91. The second kappa shape index (κ2) is 4.85. The summed E-state index contributed by atoms with van der Waals surface area (Å²) in [6, 6.07) is 0. The largest absolute Gasteiger partial charge is 0.395 e. The van der Waals surface area contributed by atoms with Crippen LogP contribution >= 0.6 is 15.2 Å². The molecule has 0 aliphatic rings. The van der Waals surface area contributed by atoms with Crippen LogP contribution in [0.15, 0.2) is 0 Å². The van der Waals surface area contributed by atoms with Crippen LogP contribution in [0, 0.1) is 0 Å². The molecule has 0 saturated heterocycles. The summed E-state index contributed by atoms with van der Waals surface area (Å²) in [5.74, 6) is 0. The molecule has 0 rings (SSSR count). The molecule has 0 unspecified atom stereocenters. The Kier molecular flexibility index (Phi) is 6.17. The molecule has 0 spiro atoms. The minimum absolute atomic E-state index is 0. The Morgan fingerprint density at radius 1 is 1.00 bits per heavy atom. The summed E-state index contributed by atoms with van der Waals surface area (Å²) in [6.07, 6.45) is 0. The molecule has 0 aliphatic carbocycles. The maximum Gasteiger partial charge on any atom is 0.343 e. The number of rotatable bonds is 3. The van der Waals surface area contributed by atoms with Crippen LogP contribution in [0.4, 0.5) is 0 Å².